The molecule has 2 unspecified atom stereocenters. The van der Waals surface area contributed by atoms with Crippen LogP contribution in [0.5, 0.6) is 0 Å². The van der Waals surface area contributed by atoms with Gasteiger partial charge in [0, 0.05) is 5.34 Å². The first-order chi connectivity index (χ1) is 6.13. The summed E-state index contributed by atoms with van der Waals surface area (Å²) in [6.45, 7) is 1.26. The van der Waals surface area contributed by atoms with Gasteiger partial charge in [-0.1, -0.05) is 30.3 Å². The van der Waals surface area contributed by atoms with Crippen LogP contribution in [0.2, 0.25) is 0 Å². The topological polar surface area (TPSA) is 23.5 Å². The molecule has 1 N–H and O–H groups in total. The minimum Gasteiger partial charge on any atom is -0.387 e. The van der Waals surface area contributed by atoms with Crippen molar-refractivity contribution in [3.05, 3.63) is 35.9 Å². The van der Waals surface area contributed by atoms with Gasteiger partial charge in [-0.05, 0) is 12.5 Å². The van der Waals surface area contributed by atoms with Crippen molar-refractivity contribution < 1.29 is 14.1 Å². The monoisotopic (exact) mass is 187 g/mol. The van der Waals surface area contributed by atoms with Crippen LogP contribution in [0, 0.1) is 0 Å². The van der Waals surface area contributed by atoms with Crippen molar-refractivity contribution in [3.63, 3.8) is 0 Å². The smallest absolute Gasteiger partial charge is 0.100 e. The summed E-state index contributed by atoms with van der Waals surface area (Å²) in [5.41, 5.74) is 0.496. The lowest BCUT2D eigenvalue weighted by Crippen LogP contribution is -2.25. The number of benzene rings is 1. The lowest BCUT2D eigenvalue weighted by molar-refractivity contribution is -0.205. The predicted molar refractivity (Wildman–Crippen MR) is 44.9 cm³/mol. The van der Waals surface area contributed by atoms with Gasteiger partial charge in [-0.15, -0.1) is 8.96 Å². The van der Waals surface area contributed by atoms with E-state index < -0.39 is 17.5 Å². The van der Waals surface area contributed by atoms with Crippen molar-refractivity contribution in [2.45, 2.75) is 19.1 Å². The molecule has 0 aliphatic carbocycles. The van der Waals surface area contributed by atoms with Crippen LogP contribution in [0.25, 0.3) is 0 Å². The maximum Gasteiger partial charge on any atom is 0.100 e. The summed E-state index contributed by atoms with van der Waals surface area (Å²) in [6, 6.07) is 7.21. The highest BCUT2D eigenvalue weighted by Gasteiger charge is 2.22. The van der Waals surface area contributed by atoms with Crippen molar-refractivity contribution in [1.29, 1.82) is 0 Å². The van der Waals surface area contributed by atoms with E-state index in [1.807, 2.05) is 0 Å². The highest BCUT2D eigenvalue weighted by atomic mass is 19.4. The quantitative estimate of drug-likeness (QED) is 0.733. The first-order valence-electron chi connectivity index (χ1n) is 3.96. The zero-order valence-corrected chi connectivity index (χ0v) is 7.19. The first kappa shape index (κ1) is 10.1. The standard InChI is InChI=1S/C9H11F2NO/c1-7(12(10)11)9(13)8-5-3-2-4-6-8/h2-7,9,13H,1H3. The van der Waals surface area contributed by atoms with Crippen molar-refractivity contribution >= 4 is 0 Å². The second-order valence-corrected chi connectivity index (χ2v) is 2.86. The van der Waals surface area contributed by atoms with Crippen molar-refractivity contribution in [2.75, 3.05) is 0 Å². The molecule has 0 aliphatic heterocycles. The molecule has 4 heteroatoms. The third-order valence-corrected chi connectivity index (χ3v) is 1.91. The Labute approximate surface area is 75.3 Å². The number of nitrogens with zero attached hydrogens (tertiary/aromatic N) is 1. The highest BCUT2D eigenvalue weighted by Crippen LogP contribution is 2.20. The second-order valence-electron chi connectivity index (χ2n) is 2.86. The molecule has 0 bridgehead atoms. The molecular weight excluding hydrogens is 176 g/mol. The van der Waals surface area contributed by atoms with Gasteiger partial charge in [0.05, 0.1) is 6.10 Å². The summed E-state index contributed by atoms with van der Waals surface area (Å²) in [7, 11) is 0. The van der Waals surface area contributed by atoms with Crippen LogP contribution < -0.4 is 0 Å². The fraction of sp³-hybridized carbons (Fsp3) is 0.333. The third-order valence-electron chi connectivity index (χ3n) is 1.91. The molecule has 0 aromatic heterocycles. The molecule has 2 atom stereocenters. The van der Waals surface area contributed by atoms with E-state index in [-0.39, 0.29) is 0 Å². The normalized spacial score (nSPS) is 15.8. The molecular formula is C9H11F2NO. The van der Waals surface area contributed by atoms with Crippen molar-refractivity contribution in [1.82, 2.24) is 5.34 Å². The average Bonchev–Trinajstić information content (AvgIpc) is 2.17. The molecule has 0 fully saturated rings. The number of halogens is 2. The number of hydrogen-bond donors (Lipinski definition) is 1. The SMILES string of the molecule is CC(C(O)c1ccccc1)N(F)F. The first-order valence-corrected chi connectivity index (χ1v) is 3.96. The van der Waals surface area contributed by atoms with Gasteiger partial charge >= 0.3 is 0 Å². The van der Waals surface area contributed by atoms with Crippen LogP contribution in [0.4, 0.5) is 8.96 Å². The molecule has 0 saturated heterocycles. The van der Waals surface area contributed by atoms with Crippen LogP contribution in [-0.2, 0) is 0 Å². The van der Waals surface area contributed by atoms with Crippen LogP contribution in [0.15, 0.2) is 30.3 Å². The summed E-state index contributed by atoms with van der Waals surface area (Å²) in [4.78, 5) is 0. The van der Waals surface area contributed by atoms with E-state index in [4.69, 9.17) is 0 Å². The van der Waals surface area contributed by atoms with Crippen LogP contribution in [0.1, 0.15) is 18.6 Å². The molecule has 1 rings (SSSR count). The lowest BCUT2D eigenvalue weighted by Gasteiger charge is -2.18. The van der Waals surface area contributed by atoms with Gasteiger partial charge in [0.25, 0.3) is 0 Å². The summed E-state index contributed by atoms with van der Waals surface area (Å²) < 4.78 is 24.1. The van der Waals surface area contributed by atoms with Gasteiger partial charge in [0.15, 0.2) is 0 Å². The molecule has 2 nitrogen and oxygen atoms in total. The Hall–Kier alpha value is -1.00. The lowest BCUT2D eigenvalue weighted by atomic mass is 10.0. The molecule has 0 radical (unpaired) electrons. The number of hydrogen-bond acceptors (Lipinski definition) is 2. The highest BCUT2D eigenvalue weighted by molar-refractivity contribution is 5.18. The van der Waals surface area contributed by atoms with E-state index in [0.29, 0.717) is 5.56 Å². The largest absolute Gasteiger partial charge is 0.387 e. The molecule has 0 spiro atoms. The van der Waals surface area contributed by atoms with E-state index in [9.17, 15) is 14.1 Å². The molecule has 72 valence electrons. The average molecular weight is 187 g/mol. The van der Waals surface area contributed by atoms with Gasteiger partial charge in [-0.25, -0.2) is 0 Å². The fourth-order valence-corrected chi connectivity index (χ4v) is 1.04. The number of aliphatic hydroxyl groups excluding tert-OH is 1. The van der Waals surface area contributed by atoms with Gasteiger partial charge < -0.3 is 5.11 Å². The van der Waals surface area contributed by atoms with Crippen LogP contribution in [-0.4, -0.2) is 16.5 Å². The molecule has 0 aliphatic rings. The summed E-state index contributed by atoms with van der Waals surface area (Å²) >= 11 is 0. The van der Waals surface area contributed by atoms with Gasteiger partial charge in [0.2, 0.25) is 0 Å². The molecule has 1 aromatic carbocycles. The predicted octanol–water partition coefficient (Wildman–Crippen LogP) is 2.18. The minimum atomic E-state index is -1.19. The Bertz CT molecular complexity index is 253. The van der Waals surface area contributed by atoms with Crippen molar-refractivity contribution in [2.24, 2.45) is 0 Å². The second kappa shape index (κ2) is 4.30. The summed E-state index contributed by atoms with van der Waals surface area (Å²) in [5.74, 6) is 0. The van der Waals surface area contributed by atoms with E-state index in [1.165, 1.54) is 6.92 Å². The molecule has 0 heterocycles. The molecule has 0 amide bonds. The van der Waals surface area contributed by atoms with E-state index in [2.05, 4.69) is 0 Å². The van der Waals surface area contributed by atoms with Crippen LogP contribution >= 0.6 is 0 Å². The molecule has 13 heavy (non-hydrogen) atoms. The maximum absolute atomic E-state index is 12.0. The zero-order valence-electron chi connectivity index (χ0n) is 7.19. The van der Waals surface area contributed by atoms with Gasteiger partial charge in [0.1, 0.15) is 6.04 Å². The summed E-state index contributed by atoms with van der Waals surface area (Å²) in [5, 5.41) is 8.45. The van der Waals surface area contributed by atoms with Crippen molar-refractivity contribution in [3.8, 4) is 0 Å². The number of rotatable bonds is 3. The maximum atomic E-state index is 12.0. The number of aliphatic hydroxyl groups is 1. The third kappa shape index (κ3) is 2.47. The van der Waals surface area contributed by atoms with Crippen LogP contribution in [0.3, 0.4) is 0 Å². The van der Waals surface area contributed by atoms with E-state index in [1.54, 1.807) is 30.3 Å². The minimum absolute atomic E-state index is 0.496. The summed E-state index contributed by atoms with van der Waals surface area (Å²) in [6.07, 6.45) is -1.16. The van der Waals surface area contributed by atoms with Gasteiger partial charge in [-0.2, -0.15) is 0 Å². The van der Waals surface area contributed by atoms with E-state index >= 15 is 0 Å². The van der Waals surface area contributed by atoms with E-state index in [0.717, 1.165) is 0 Å². The fourth-order valence-electron chi connectivity index (χ4n) is 1.04. The molecule has 1 aromatic rings. The Morgan fingerprint density at radius 1 is 1.23 bits per heavy atom. The Kier molecular flexibility index (Phi) is 3.33. The zero-order chi connectivity index (χ0) is 9.84. The molecule has 0 saturated carbocycles. The van der Waals surface area contributed by atoms with Gasteiger partial charge in [-0.3, -0.25) is 0 Å². The Morgan fingerprint density at radius 2 is 1.77 bits per heavy atom. The Balaban J connectivity index is 2.73. The Morgan fingerprint density at radius 3 is 2.23 bits per heavy atom.